The molecule has 1 rings (SSSR count). The Labute approximate surface area is 101 Å². The Hall–Kier alpha value is -0.640. The van der Waals surface area contributed by atoms with Crippen molar-refractivity contribution in [2.45, 2.75) is 13.5 Å². The molecule has 4 heteroatoms. The van der Waals surface area contributed by atoms with Crippen LogP contribution in [0.25, 0.3) is 0 Å². The second kappa shape index (κ2) is 6.84. The van der Waals surface area contributed by atoms with Gasteiger partial charge >= 0.3 is 0 Å². The molecule has 0 radical (unpaired) electrons. The van der Waals surface area contributed by atoms with Gasteiger partial charge in [0.1, 0.15) is 5.82 Å². The monoisotopic (exact) mass is 244 g/mol. The highest BCUT2D eigenvalue weighted by Gasteiger charge is 2.02. The third-order valence-electron chi connectivity index (χ3n) is 2.53. The molecule has 2 nitrogen and oxygen atoms in total. The first kappa shape index (κ1) is 13.4. The molecule has 0 heterocycles. The van der Waals surface area contributed by atoms with E-state index in [0.717, 1.165) is 19.6 Å². The molecule has 0 saturated carbocycles. The smallest absolute Gasteiger partial charge is 0.127 e. The van der Waals surface area contributed by atoms with E-state index in [4.69, 9.17) is 11.6 Å². The highest BCUT2D eigenvalue weighted by Crippen LogP contribution is 2.14. The highest BCUT2D eigenvalue weighted by molar-refractivity contribution is 6.30. The van der Waals surface area contributed by atoms with Gasteiger partial charge in [0.2, 0.25) is 0 Å². The van der Waals surface area contributed by atoms with Crippen LogP contribution in [-0.2, 0) is 6.54 Å². The second-order valence-electron chi connectivity index (χ2n) is 3.81. The summed E-state index contributed by atoms with van der Waals surface area (Å²) in [6, 6.07) is 4.62. The van der Waals surface area contributed by atoms with Crippen molar-refractivity contribution in [2.24, 2.45) is 0 Å². The Kier molecular flexibility index (Phi) is 5.74. The van der Waals surface area contributed by atoms with Crippen molar-refractivity contribution < 1.29 is 4.39 Å². The lowest BCUT2D eigenvalue weighted by Crippen LogP contribution is -2.28. The first-order chi connectivity index (χ1) is 7.63. The Morgan fingerprint density at radius 2 is 2.19 bits per heavy atom. The summed E-state index contributed by atoms with van der Waals surface area (Å²) in [5, 5.41) is 3.77. The lowest BCUT2D eigenvalue weighted by molar-refractivity contribution is 0.348. The van der Waals surface area contributed by atoms with Gasteiger partial charge in [0.15, 0.2) is 0 Å². The molecule has 0 aliphatic carbocycles. The zero-order chi connectivity index (χ0) is 12.0. The number of benzene rings is 1. The Bertz CT molecular complexity index is 331. The summed E-state index contributed by atoms with van der Waals surface area (Å²) in [5.74, 6) is -0.208. The standard InChI is InChI=1S/C12H18ClFN2/c1-3-16(2)7-6-15-9-10-8-11(13)4-5-12(10)14/h4-5,8,15H,3,6-7,9H2,1-2H3. The molecule has 0 amide bonds. The van der Waals surface area contributed by atoms with Gasteiger partial charge in [0.25, 0.3) is 0 Å². The van der Waals surface area contributed by atoms with E-state index in [0.29, 0.717) is 17.1 Å². The lowest BCUT2D eigenvalue weighted by Gasteiger charge is -2.14. The predicted molar refractivity (Wildman–Crippen MR) is 66.3 cm³/mol. The van der Waals surface area contributed by atoms with Gasteiger partial charge in [0.05, 0.1) is 0 Å². The SMILES string of the molecule is CCN(C)CCNCc1cc(Cl)ccc1F. The number of halogens is 2. The summed E-state index contributed by atoms with van der Waals surface area (Å²) in [5.41, 5.74) is 0.617. The largest absolute Gasteiger partial charge is 0.311 e. The molecule has 1 aromatic carbocycles. The molecule has 0 aliphatic heterocycles. The quantitative estimate of drug-likeness (QED) is 0.774. The fourth-order valence-electron chi connectivity index (χ4n) is 1.33. The number of rotatable bonds is 6. The van der Waals surface area contributed by atoms with Crippen LogP contribution in [0.15, 0.2) is 18.2 Å². The molecule has 0 saturated heterocycles. The number of hydrogen-bond acceptors (Lipinski definition) is 2. The predicted octanol–water partition coefficient (Wildman–Crippen LogP) is 2.52. The van der Waals surface area contributed by atoms with E-state index in [1.54, 1.807) is 12.1 Å². The summed E-state index contributed by atoms with van der Waals surface area (Å²) in [4.78, 5) is 2.20. The van der Waals surface area contributed by atoms with Crippen LogP contribution in [0.3, 0.4) is 0 Å². The van der Waals surface area contributed by atoms with E-state index in [2.05, 4.69) is 24.2 Å². The van der Waals surface area contributed by atoms with Crippen LogP contribution in [0.2, 0.25) is 5.02 Å². The topological polar surface area (TPSA) is 15.3 Å². The lowest BCUT2D eigenvalue weighted by atomic mass is 10.2. The molecule has 0 aromatic heterocycles. The van der Waals surface area contributed by atoms with Gasteiger partial charge < -0.3 is 10.2 Å². The third kappa shape index (κ3) is 4.47. The Morgan fingerprint density at radius 3 is 2.88 bits per heavy atom. The van der Waals surface area contributed by atoms with Crippen LogP contribution in [0.5, 0.6) is 0 Å². The van der Waals surface area contributed by atoms with Crippen molar-refractivity contribution in [1.82, 2.24) is 10.2 Å². The van der Waals surface area contributed by atoms with Crippen molar-refractivity contribution in [2.75, 3.05) is 26.7 Å². The zero-order valence-electron chi connectivity index (χ0n) is 9.76. The minimum Gasteiger partial charge on any atom is -0.311 e. The molecule has 0 unspecified atom stereocenters. The van der Waals surface area contributed by atoms with Crippen LogP contribution >= 0.6 is 11.6 Å². The van der Waals surface area contributed by atoms with Gasteiger partial charge in [-0.2, -0.15) is 0 Å². The maximum atomic E-state index is 13.3. The number of hydrogen-bond donors (Lipinski definition) is 1. The van der Waals surface area contributed by atoms with E-state index >= 15 is 0 Å². The zero-order valence-corrected chi connectivity index (χ0v) is 10.5. The molecule has 90 valence electrons. The number of likely N-dealkylation sites (N-methyl/N-ethyl adjacent to an activating group) is 1. The normalized spacial score (nSPS) is 11.1. The maximum Gasteiger partial charge on any atom is 0.127 e. The summed E-state index contributed by atoms with van der Waals surface area (Å²) < 4.78 is 13.3. The van der Waals surface area contributed by atoms with E-state index in [9.17, 15) is 4.39 Å². The molecule has 1 aromatic rings. The molecule has 0 bridgehead atoms. The molecule has 0 fully saturated rings. The third-order valence-corrected chi connectivity index (χ3v) is 2.77. The molecule has 0 atom stereocenters. The van der Waals surface area contributed by atoms with Crippen molar-refractivity contribution in [3.63, 3.8) is 0 Å². The summed E-state index contributed by atoms with van der Waals surface area (Å²) in [7, 11) is 2.06. The second-order valence-corrected chi connectivity index (χ2v) is 4.24. The van der Waals surface area contributed by atoms with Gasteiger partial charge in [-0.15, -0.1) is 0 Å². The van der Waals surface area contributed by atoms with Crippen LogP contribution < -0.4 is 5.32 Å². The van der Waals surface area contributed by atoms with Crippen LogP contribution in [0.4, 0.5) is 4.39 Å². The molecular formula is C12H18ClFN2. The van der Waals surface area contributed by atoms with Gasteiger partial charge in [-0.3, -0.25) is 0 Å². The first-order valence-electron chi connectivity index (χ1n) is 5.46. The Balaban J connectivity index is 2.34. The van der Waals surface area contributed by atoms with Gasteiger partial charge in [-0.25, -0.2) is 4.39 Å². The van der Waals surface area contributed by atoms with Gasteiger partial charge in [-0.05, 0) is 31.8 Å². The van der Waals surface area contributed by atoms with E-state index in [1.165, 1.54) is 6.07 Å². The molecule has 0 aliphatic rings. The van der Waals surface area contributed by atoms with Crippen molar-refractivity contribution in [1.29, 1.82) is 0 Å². The molecule has 0 spiro atoms. The highest BCUT2D eigenvalue weighted by atomic mass is 35.5. The average Bonchev–Trinajstić information content (AvgIpc) is 2.28. The number of nitrogens with one attached hydrogen (secondary N) is 1. The molecule has 16 heavy (non-hydrogen) atoms. The fraction of sp³-hybridized carbons (Fsp3) is 0.500. The van der Waals surface area contributed by atoms with Gasteiger partial charge in [0, 0.05) is 30.2 Å². The van der Waals surface area contributed by atoms with Crippen molar-refractivity contribution in [3.8, 4) is 0 Å². The van der Waals surface area contributed by atoms with E-state index in [-0.39, 0.29) is 5.82 Å². The molecular weight excluding hydrogens is 227 g/mol. The fourth-order valence-corrected chi connectivity index (χ4v) is 1.52. The minimum absolute atomic E-state index is 0.208. The van der Waals surface area contributed by atoms with Gasteiger partial charge in [-0.1, -0.05) is 18.5 Å². The van der Waals surface area contributed by atoms with Crippen LogP contribution in [-0.4, -0.2) is 31.6 Å². The van der Waals surface area contributed by atoms with Crippen molar-refractivity contribution in [3.05, 3.63) is 34.6 Å². The summed E-state index contributed by atoms with van der Waals surface area (Å²) in [6.45, 7) is 5.45. The minimum atomic E-state index is -0.208. The van der Waals surface area contributed by atoms with E-state index < -0.39 is 0 Å². The van der Waals surface area contributed by atoms with Crippen molar-refractivity contribution >= 4 is 11.6 Å². The maximum absolute atomic E-state index is 13.3. The van der Waals surface area contributed by atoms with Crippen LogP contribution in [0.1, 0.15) is 12.5 Å². The van der Waals surface area contributed by atoms with E-state index in [1.807, 2.05) is 0 Å². The first-order valence-corrected chi connectivity index (χ1v) is 5.84. The van der Waals surface area contributed by atoms with Crippen LogP contribution in [0, 0.1) is 5.82 Å². The summed E-state index contributed by atoms with van der Waals surface area (Å²) >= 11 is 5.80. The average molecular weight is 245 g/mol. The molecule has 1 N–H and O–H groups in total. The Morgan fingerprint density at radius 1 is 1.44 bits per heavy atom. The number of nitrogens with zero attached hydrogens (tertiary/aromatic N) is 1. The summed E-state index contributed by atoms with van der Waals surface area (Å²) in [6.07, 6.45) is 0.